The number of benzene rings is 1. The van der Waals surface area contributed by atoms with Crippen molar-refractivity contribution >= 4 is 23.5 Å². The van der Waals surface area contributed by atoms with E-state index < -0.39 is 0 Å². The van der Waals surface area contributed by atoms with Gasteiger partial charge in [-0.1, -0.05) is 31.0 Å². The van der Waals surface area contributed by atoms with E-state index in [4.69, 9.17) is 5.10 Å². The van der Waals surface area contributed by atoms with Crippen LogP contribution < -0.4 is 10.6 Å². The number of hydrogen-bond acceptors (Lipinski definition) is 5. The normalized spacial score (nSPS) is 13.9. The highest BCUT2D eigenvalue weighted by molar-refractivity contribution is 5.94. The Morgan fingerprint density at radius 1 is 1.03 bits per heavy atom. The summed E-state index contributed by atoms with van der Waals surface area (Å²) < 4.78 is 1.79. The zero-order valence-electron chi connectivity index (χ0n) is 19.1. The summed E-state index contributed by atoms with van der Waals surface area (Å²) in [6.07, 6.45) is 6.35. The van der Waals surface area contributed by atoms with Gasteiger partial charge in [0.2, 0.25) is 11.8 Å². The third kappa shape index (κ3) is 6.04. The highest BCUT2D eigenvalue weighted by Gasteiger charge is 2.23. The van der Waals surface area contributed by atoms with Crippen molar-refractivity contribution < 1.29 is 9.59 Å². The minimum absolute atomic E-state index is 0.0768. The topological polar surface area (TPSA) is 92.2 Å². The number of para-hydroxylation sites is 1. The van der Waals surface area contributed by atoms with E-state index >= 15 is 0 Å². The molecule has 0 unspecified atom stereocenters. The molecule has 4 rings (SSSR count). The van der Waals surface area contributed by atoms with Gasteiger partial charge in [-0.3, -0.25) is 14.5 Å². The average Bonchev–Trinajstić information content (AvgIpc) is 3.44. The zero-order chi connectivity index (χ0) is 23.2. The number of rotatable bonds is 8. The summed E-state index contributed by atoms with van der Waals surface area (Å²) in [4.78, 5) is 30.9. The second-order valence-electron chi connectivity index (χ2n) is 8.67. The van der Waals surface area contributed by atoms with Crippen molar-refractivity contribution in [3.8, 4) is 5.69 Å². The maximum absolute atomic E-state index is 12.8. The number of amides is 2. The van der Waals surface area contributed by atoms with Crippen LogP contribution >= 0.6 is 0 Å². The van der Waals surface area contributed by atoms with Gasteiger partial charge in [-0.25, -0.2) is 9.67 Å². The fourth-order valence-corrected chi connectivity index (χ4v) is 4.19. The van der Waals surface area contributed by atoms with Crippen LogP contribution in [0.1, 0.15) is 42.9 Å². The van der Waals surface area contributed by atoms with Gasteiger partial charge in [0.1, 0.15) is 11.6 Å². The van der Waals surface area contributed by atoms with Crippen LogP contribution in [0.3, 0.4) is 0 Å². The molecule has 0 radical (unpaired) electrons. The molecular formula is C25H30N6O2. The van der Waals surface area contributed by atoms with Gasteiger partial charge in [0.05, 0.1) is 24.5 Å². The molecule has 0 aliphatic heterocycles. The first-order chi connectivity index (χ1) is 16.0. The molecule has 2 heterocycles. The lowest BCUT2D eigenvalue weighted by molar-refractivity contribution is -0.119. The first-order valence-electron chi connectivity index (χ1n) is 11.3. The Labute approximate surface area is 194 Å². The number of aryl methyl sites for hydroxylation is 1. The average molecular weight is 447 g/mol. The van der Waals surface area contributed by atoms with E-state index in [9.17, 15) is 9.59 Å². The number of carbonyl (C=O) groups excluding carboxylic acids is 2. The van der Waals surface area contributed by atoms with E-state index in [-0.39, 0.29) is 24.9 Å². The van der Waals surface area contributed by atoms with E-state index in [1.165, 1.54) is 12.8 Å². The van der Waals surface area contributed by atoms with Crippen LogP contribution in [0.4, 0.5) is 11.6 Å². The van der Waals surface area contributed by atoms with Crippen LogP contribution in [0.2, 0.25) is 0 Å². The maximum Gasteiger partial charge on any atom is 0.239 e. The van der Waals surface area contributed by atoms with Gasteiger partial charge in [0, 0.05) is 18.2 Å². The lowest BCUT2D eigenvalue weighted by Gasteiger charge is -2.16. The Hall–Kier alpha value is -3.52. The molecule has 2 N–H and O–H groups in total. The van der Waals surface area contributed by atoms with Crippen LogP contribution in [0.25, 0.3) is 5.69 Å². The highest BCUT2D eigenvalue weighted by atomic mass is 16.2. The molecule has 8 nitrogen and oxygen atoms in total. The van der Waals surface area contributed by atoms with Crippen LogP contribution in [0.15, 0.2) is 54.7 Å². The van der Waals surface area contributed by atoms with Gasteiger partial charge in [-0.05, 0) is 56.6 Å². The van der Waals surface area contributed by atoms with Crippen molar-refractivity contribution in [2.45, 2.75) is 38.5 Å². The number of aromatic nitrogens is 3. The van der Waals surface area contributed by atoms with E-state index in [0.717, 1.165) is 29.8 Å². The molecule has 3 aromatic rings. The molecule has 0 spiro atoms. The summed E-state index contributed by atoms with van der Waals surface area (Å²) in [6.45, 7) is 2.09. The number of nitrogens with zero attached hydrogens (tertiary/aromatic N) is 4. The van der Waals surface area contributed by atoms with E-state index in [1.54, 1.807) is 28.9 Å². The molecule has 172 valence electrons. The fraction of sp³-hybridized carbons (Fsp3) is 0.360. The third-order valence-electron chi connectivity index (χ3n) is 5.78. The maximum atomic E-state index is 12.8. The molecule has 33 heavy (non-hydrogen) atoms. The quantitative estimate of drug-likeness (QED) is 0.550. The molecule has 2 amide bonds. The Morgan fingerprint density at radius 3 is 2.42 bits per heavy atom. The van der Waals surface area contributed by atoms with Crippen LogP contribution in [0, 0.1) is 6.92 Å². The minimum atomic E-state index is -0.221. The molecule has 1 fully saturated rings. The predicted octanol–water partition coefficient (Wildman–Crippen LogP) is 3.74. The Kier molecular flexibility index (Phi) is 7.14. The summed E-state index contributed by atoms with van der Waals surface area (Å²) >= 11 is 0. The molecule has 8 heteroatoms. The monoisotopic (exact) mass is 446 g/mol. The van der Waals surface area contributed by atoms with Crippen molar-refractivity contribution in [3.05, 3.63) is 66.0 Å². The molecule has 0 bridgehead atoms. The van der Waals surface area contributed by atoms with Gasteiger partial charge in [-0.15, -0.1) is 0 Å². The lowest BCUT2D eigenvalue weighted by Crippen LogP contribution is -2.36. The van der Waals surface area contributed by atoms with Crippen molar-refractivity contribution in [1.82, 2.24) is 19.7 Å². The molecule has 1 aromatic carbocycles. The van der Waals surface area contributed by atoms with E-state index in [0.29, 0.717) is 17.6 Å². The zero-order valence-corrected chi connectivity index (χ0v) is 19.1. The first kappa shape index (κ1) is 22.7. The molecule has 1 saturated carbocycles. The number of pyridine rings is 1. The van der Waals surface area contributed by atoms with Gasteiger partial charge in [0.25, 0.3) is 0 Å². The summed E-state index contributed by atoms with van der Waals surface area (Å²) in [5.74, 6) is 1.17. The number of carbonyl (C=O) groups is 2. The SMILES string of the molecule is Cc1ccnc(NC(=O)CN(C)CC(=O)Nc2cc(C3CCCC3)nn2-c2ccccc2)c1. The predicted molar refractivity (Wildman–Crippen MR) is 129 cm³/mol. The number of likely N-dealkylation sites (N-methyl/N-ethyl adjacent to an activating group) is 1. The summed E-state index contributed by atoms with van der Waals surface area (Å²) in [6, 6.07) is 15.4. The first-order valence-corrected chi connectivity index (χ1v) is 11.3. The van der Waals surface area contributed by atoms with E-state index in [1.807, 2.05) is 49.4 Å². The van der Waals surface area contributed by atoms with Crippen molar-refractivity contribution in [1.29, 1.82) is 0 Å². The Bertz CT molecular complexity index is 1110. The summed E-state index contributed by atoms with van der Waals surface area (Å²) in [5.41, 5.74) is 2.93. The van der Waals surface area contributed by atoms with E-state index in [2.05, 4.69) is 15.6 Å². The number of nitrogens with one attached hydrogen (secondary N) is 2. The van der Waals surface area contributed by atoms with Crippen molar-refractivity contribution in [3.63, 3.8) is 0 Å². The molecule has 1 aliphatic rings. The standard InChI is InChI=1S/C25H30N6O2/c1-18-12-13-26-22(14-18)27-24(32)16-30(2)17-25(33)28-23-15-21(19-8-6-7-9-19)29-31(23)20-10-4-3-5-11-20/h3-5,10-15,19H,6-9,16-17H2,1-2H3,(H,28,33)(H,26,27,32). The van der Waals surface area contributed by atoms with Crippen LogP contribution in [-0.2, 0) is 9.59 Å². The second-order valence-corrected chi connectivity index (χ2v) is 8.67. The van der Waals surface area contributed by atoms with Crippen LogP contribution in [0.5, 0.6) is 0 Å². The lowest BCUT2D eigenvalue weighted by atomic mass is 10.0. The minimum Gasteiger partial charge on any atom is -0.310 e. The van der Waals surface area contributed by atoms with Crippen molar-refractivity contribution in [2.24, 2.45) is 0 Å². The smallest absolute Gasteiger partial charge is 0.239 e. The largest absolute Gasteiger partial charge is 0.310 e. The number of hydrogen-bond donors (Lipinski definition) is 2. The number of anilines is 2. The van der Waals surface area contributed by atoms with Gasteiger partial charge < -0.3 is 10.6 Å². The highest BCUT2D eigenvalue weighted by Crippen LogP contribution is 2.35. The Balaban J connectivity index is 1.39. The van der Waals surface area contributed by atoms with Gasteiger partial charge in [0.15, 0.2) is 0 Å². The fourth-order valence-electron chi connectivity index (χ4n) is 4.19. The summed E-state index contributed by atoms with van der Waals surface area (Å²) in [5, 5.41) is 10.6. The third-order valence-corrected chi connectivity index (χ3v) is 5.78. The van der Waals surface area contributed by atoms with Gasteiger partial charge >= 0.3 is 0 Å². The van der Waals surface area contributed by atoms with Gasteiger partial charge in [-0.2, -0.15) is 5.10 Å². The van der Waals surface area contributed by atoms with Crippen molar-refractivity contribution in [2.75, 3.05) is 30.8 Å². The molecule has 0 saturated heterocycles. The molecule has 1 aliphatic carbocycles. The molecular weight excluding hydrogens is 416 g/mol. The summed E-state index contributed by atoms with van der Waals surface area (Å²) in [7, 11) is 1.74. The molecule has 2 aromatic heterocycles. The molecule has 0 atom stereocenters. The Morgan fingerprint density at radius 2 is 1.73 bits per heavy atom. The van der Waals surface area contributed by atoms with Crippen LogP contribution in [-0.4, -0.2) is 51.6 Å². The second kappa shape index (κ2) is 10.4.